The van der Waals surface area contributed by atoms with Crippen molar-refractivity contribution >= 4 is 23.5 Å². The van der Waals surface area contributed by atoms with Gasteiger partial charge in [0.25, 0.3) is 11.8 Å². The fourth-order valence-corrected chi connectivity index (χ4v) is 3.87. The zero-order chi connectivity index (χ0) is 25.7. The van der Waals surface area contributed by atoms with E-state index in [0.29, 0.717) is 37.3 Å². The molecule has 1 aliphatic heterocycles. The molecule has 1 fully saturated rings. The van der Waals surface area contributed by atoms with Crippen LogP contribution in [0, 0.1) is 11.6 Å². The average Bonchev–Trinajstić information content (AvgIpc) is 2.88. The van der Waals surface area contributed by atoms with E-state index in [4.69, 9.17) is 10.5 Å². The van der Waals surface area contributed by atoms with Crippen molar-refractivity contribution in [1.29, 1.82) is 0 Å². The molecule has 1 saturated heterocycles. The van der Waals surface area contributed by atoms with Crippen LogP contribution in [-0.2, 0) is 6.61 Å². The number of primary amides is 1. The number of halogens is 2. The number of para-hydroxylation sites is 1. The number of rotatable bonds is 6. The maximum absolute atomic E-state index is 13.9. The van der Waals surface area contributed by atoms with Crippen LogP contribution in [0.1, 0.15) is 26.3 Å². The van der Waals surface area contributed by atoms with Gasteiger partial charge in [0.05, 0.1) is 5.69 Å². The molecule has 0 bridgehead atoms. The van der Waals surface area contributed by atoms with Crippen LogP contribution >= 0.6 is 0 Å². The Kier molecular flexibility index (Phi) is 7.43. The lowest BCUT2D eigenvalue weighted by Crippen LogP contribution is -2.51. The van der Waals surface area contributed by atoms with Gasteiger partial charge in [-0.1, -0.05) is 30.3 Å². The summed E-state index contributed by atoms with van der Waals surface area (Å²) in [5.41, 5.74) is 6.08. The highest BCUT2D eigenvalue weighted by Gasteiger charge is 2.25. The quantitative estimate of drug-likeness (QED) is 0.546. The lowest BCUT2D eigenvalue weighted by Gasteiger charge is -2.34. The van der Waals surface area contributed by atoms with Crippen LogP contribution in [-0.4, -0.2) is 53.8 Å². The first-order valence-corrected chi connectivity index (χ1v) is 11.2. The van der Waals surface area contributed by atoms with Gasteiger partial charge in [0.2, 0.25) is 0 Å². The number of carbonyl (C=O) groups is 3. The molecular formula is C26H24F2N4O4. The minimum Gasteiger partial charge on any atom is -0.488 e. The highest BCUT2D eigenvalue weighted by molar-refractivity contribution is 5.96. The number of hydrogen-bond donors (Lipinski definition) is 2. The second-order valence-electron chi connectivity index (χ2n) is 8.16. The van der Waals surface area contributed by atoms with Crippen molar-refractivity contribution in [2.75, 3.05) is 31.5 Å². The molecule has 1 aliphatic rings. The number of nitrogens with zero attached hydrogens (tertiary/aromatic N) is 2. The Morgan fingerprint density at radius 1 is 0.861 bits per heavy atom. The van der Waals surface area contributed by atoms with Crippen molar-refractivity contribution in [2.24, 2.45) is 5.73 Å². The lowest BCUT2D eigenvalue weighted by atomic mass is 10.1. The van der Waals surface area contributed by atoms with Gasteiger partial charge in [-0.3, -0.25) is 9.59 Å². The standard InChI is InChI=1S/C26H24F2N4O4/c27-19-7-1-2-9-21(19)30-26(35)32-13-11-31(12-14-32)25(34)18-6-3-5-17(15-18)16-36-22-10-4-8-20(28)23(22)24(29)33/h1-10,15H,11-14,16H2,(H2,29,33)(H,30,35). The zero-order valence-corrected chi connectivity index (χ0v) is 19.2. The average molecular weight is 494 g/mol. The number of piperazine rings is 1. The molecule has 0 aliphatic carbocycles. The summed E-state index contributed by atoms with van der Waals surface area (Å²) < 4.78 is 33.3. The van der Waals surface area contributed by atoms with Crippen LogP contribution in [0.15, 0.2) is 66.7 Å². The molecule has 36 heavy (non-hydrogen) atoms. The van der Waals surface area contributed by atoms with Gasteiger partial charge >= 0.3 is 6.03 Å². The number of anilines is 1. The number of hydrogen-bond acceptors (Lipinski definition) is 4. The van der Waals surface area contributed by atoms with Gasteiger partial charge in [-0.05, 0) is 42.0 Å². The summed E-state index contributed by atoms with van der Waals surface area (Å²) in [5.74, 6) is -2.43. The van der Waals surface area contributed by atoms with Gasteiger partial charge in [-0.25, -0.2) is 13.6 Å². The van der Waals surface area contributed by atoms with Gasteiger partial charge in [-0.15, -0.1) is 0 Å². The van der Waals surface area contributed by atoms with Crippen molar-refractivity contribution in [1.82, 2.24) is 9.80 Å². The number of nitrogens with one attached hydrogen (secondary N) is 1. The molecule has 4 amide bonds. The van der Waals surface area contributed by atoms with Crippen LogP contribution < -0.4 is 15.8 Å². The molecule has 0 spiro atoms. The third-order valence-corrected chi connectivity index (χ3v) is 5.76. The Morgan fingerprint density at radius 3 is 2.25 bits per heavy atom. The molecule has 0 aromatic heterocycles. The van der Waals surface area contributed by atoms with E-state index < -0.39 is 23.6 Å². The minimum absolute atomic E-state index is 0.00511. The molecular weight excluding hydrogens is 470 g/mol. The zero-order valence-electron chi connectivity index (χ0n) is 19.2. The number of urea groups is 1. The molecule has 4 rings (SSSR count). The number of nitrogens with two attached hydrogens (primary N) is 1. The van der Waals surface area contributed by atoms with Crippen molar-refractivity contribution in [3.8, 4) is 5.75 Å². The predicted molar refractivity (Wildman–Crippen MR) is 129 cm³/mol. The summed E-state index contributed by atoms with van der Waals surface area (Å²) in [5, 5.41) is 2.55. The highest BCUT2D eigenvalue weighted by atomic mass is 19.1. The summed E-state index contributed by atoms with van der Waals surface area (Å²) >= 11 is 0. The van der Waals surface area contributed by atoms with Gasteiger partial charge in [0.15, 0.2) is 0 Å². The van der Waals surface area contributed by atoms with E-state index in [1.807, 2.05) is 0 Å². The topological polar surface area (TPSA) is 105 Å². The van der Waals surface area contributed by atoms with E-state index in [0.717, 1.165) is 6.07 Å². The molecule has 10 heteroatoms. The molecule has 0 radical (unpaired) electrons. The van der Waals surface area contributed by atoms with E-state index >= 15 is 0 Å². The molecule has 0 atom stereocenters. The normalized spacial score (nSPS) is 13.3. The fraction of sp³-hybridized carbons (Fsp3) is 0.192. The largest absolute Gasteiger partial charge is 0.488 e. The maximum atomic E-state index is 13.9. The van der Waals surface area contributed by atoms with Gasteiger partial charge in [0, 0.05) is 31.7 Å². The van der Waals surface area contributed by atoms with E-state index in [2.05, 4.69) is 5.32 Å². The molecule has 8 nitrogen and oxygen atoms in total. The Labute approximate surface area is 206 Å². The third-order valence-electron chi connectivity index (χ3n) is 5.76. The third kappa shape index (κ3) is 5.60. The van der Waals surface area contributed by atoms with Gasteiger partial charge in [0.1, 0.15) is 29.6 Å². The van der Waals surface area contributed by atoms with Crippen molar-refractivity contribution < 1.29 is 27.9 Å². The highest BCUT2D eigenvalue weighted by Crippen LogP contribution is 2.22. The van der Waals surface area contributed by atoms with Crippen molar-refractivity contribution in [3.05, 3.63) is 95.1 Å². The molecule has 1 heterocycles. The van der Waals surface area contributed by atoms with Crippen LogP contribution in [0.25, 0.3) is 0 Å². The second-order valence-corrected chi connectivity index (χ2v) is 8.16. The number of carbonyl (C=O) groups excluding carboxylic acids is 3. The first kappa shape index (κ1) is 24.6. The monoisotopic (exact) mass is 494 g/mol. The van der Waals surface area contributed by atoms with Crippen LogP contribution in [0.2, 0.25) is 0 Å². The van der Waals surface area contributed by atoms with E-state index in [-0.39, 0.29) is 29.5 Å². The minimum atomic E-state index is -0.936. The SMILES string of the molecule is NC(=O)c1c(F)cccc1OCc1cccc(C(=O)N2CCN(C(=O)Nc3ccccc3F)CC2)c1. The molecule has 3 N–H and O–H groups in total. The Bertz CT molecular complexity index is 1290. The molecule has 3 aromatic rings. The fourth-order valence-electron chi connectivity index (χ4n) is 3.87. The maximum Gasteiger partial charge on any atom is 0.322 e. The van der Waals surface area contributed by atoms with Gasteiger partial charge < -0.3 is 25.6 Å². The first-order valence-electron chi connectivity index (χ1n) is 11.2. The summed E-state index contributed by atoms with van der Waals surface area (Å²) in [6, 6.07) is 16.2. The van der Waals surface area contributed by atoms with Crippen molar-refractivity contribution in [2.45, 2.75) is 6.61 Å². The van der Waals surface area contributed by atoms with Crippen LogP contribution in [0.5, 0.6) is 5.75 Å². The summed E-state index contributed by atoms with van der Waals surface area (Å²) in [6.07, 6.45) is 0. The van der Waals surface area contributed by atoms with E-state index in [1.165, 1.54) is 35.2 Å². The molecule has 0 unspecified atom stereocenters. The van der Waals surface area contributed by atoms with Crippen LogP contribution in [0.3, 0.4) is 0 Å². The second kappa shape index (κ2) is 10.9. The summed E-state index contributed by atoms with van der Waals surface area (Å²) in [7, 11) is 0. The first-order chi connectivity index (χ1) is 17.3. The van der Waals surface area contributed by atoms with E-state index in [9.17, 15) is 23.2 Å². The van der Waals surface area contributed by atoms with Gasteiger partial charge in [-0.2, -0.15) is 0 Å². The molecule has 186 valence electrons. The number of benzene rings is 3. The number of amides is 4. The summed E-state index contributed by atoms with van der Waals surface area (Å²) in [4.78, 5) is 40.2. The van der Waals surface area contributed by atoms with Crippen molar-refractivity contribution in [3.63, 3.8) is 0 Å². The smallest absolute Gasteiger partial charge is 0.322 e. The lowest BCUT2D eigenvalue weighted by molar-refractivity contribution is 0.0671. The van der Waals surface area contributed by atoms with Crippen LogP contribution in [0.4, 0.5) is 19.3 Å². The Morgan fingerprint density at radius 2 is 1.53 bits per heavy atom. The predicted octanol–water partition coefficient (Wildman–Crippen LogP) is 3.63. The Hall–Kier alpha value is -4.47. The molecule has 0 saturated carbocycles. The molecule has 3 aromatic carbocycles. The van der Waals surface area contributed by atoms with E-state index in [1.54, 1.807) is 35.2 Å². The number of ether oxygens (including phenoxy) is 1. The Balaban J connectivity index is 1.35. The summed E-state index contributed by atoms with van der Waals surface area (Å²) in [6.45, 7) is 1.22.